The van der Waals surface area contributed by atoms with E-state index >= 15 is 0 Å². The molecule has 0 aliphatic carbocycles. The van der Waals surface area contributed by atoms with Crippen LogP contribution in [0.15, 0.2) is 29.4 Å². The number of carbonyl (C=O) groups excluding carboxylic acids is 1. The smallest absolute Gasteiger partial charge is 0.416 e. The molecule has 188 valence electrons. The summed E-state index contributed by atoms with van der Waals surface area (Å²) in [6, 6.07) is 4.01. The Bertz CT molecular complexity index is 1390. The van der Waals surface area contributed by atoms with Gasteiger partial charge in [0.05, 0.1) is 18.3 Å². The lowest BCUT2D eigenvalue weighted by Crippen LogP contribution is -2.46. The summed E-state index contributed by atoms with van der Waals surface area (Å²) in [5, 5.41) is 13.2. The van der Waals surface area contributed by atoms with Crippen LogP contribution in [-0.2, 0) is 21.6 Å². The van der Waals surface area contributed by atoms with Crippen LogP contribution in [0.2, 0.25) is 0 Å². The second kappa shape index (κ2) is 8.87. The van der Waals surface area contributed by atoms with Gasteiger partial charge in [0.15, 0.2) is 15.5 Å². The van der Waals surface area contributed by atoms with E-state index in [1.165, 1.54) is 24.1 Å². The molecule has 4 rings (SSSR count). The number of likely N-dealkylation sites (tertiary alicyclic amines) is 1. The Kier molecular flexibility index (Phi) is 6.36. The zero-order chi connectivity index (χ0) is 25.6. The van der Waals surface area contributed by atoms with Gasteiger partial charge in [0.2, 0.25) is 15.7 Å². The third-order valence-electron chi connectivity index (χ3n) is 5.55. The van der Waals surface area contributed by atoms with Gasteiger partial charge in [-0.1, -0.05) is 23.5 Å². The van der Waals surface area contributed by atoms with E-state index < -0.39 is 38.4 Å². The SMILES string of the molecule is COc1nc(S(C)(=O)=O)nc2sc(NC(=O)N3CCC(O)(c4cccc(C(F)(F)F)c4)CC3)nc12. The van der Waals surface area contributed by atoms with E-state index in [-0.39, 0.29) is 52.9 Å². The van der Waals surface area contributed by atoms with Gasteiger partial charge in [-0.25, -0.2) is 23.2 Å². The molecule has 0 spiro atoms. The standard InChI is InChI=1S/C20H20F3N5O5S2/c1-33-14-13-15(26-17(25-14)35(2,31)32)34-16(24-13)27-18(29)28-8-6-19(30,7-9-28)11-4-3-5-12(10-11)20(21,22)23/h3-5,10,30H,6-9H2,1-2H3,(H,24,27,29). The number of ether oxygens (including phenoxy) is 1. The first kappa shape index (κ1) is 25.1. The summed E-state index contributed by atoms with van der Waals surface area (Å²) in [5.41, 5.74) is -2.03. The Morgan fingerprint density at radius 1 is 1.23 bits per heavy atom. The summed E-state index contributed by atoms with van der Waals surface area (Å²) in [6.07, 6.45) is -3.50. The second-order valence-corrected chi connectivity index (χ2v) is 10.9. The van der Waals surface area contributed by atoms with Crippen LogP contribution in [0.1, 0.15) is 24.0 Å². The number of aromatic nitrogens is 3. The van der Waals surface area contributed by atoms with E-state index in [2.05, 4.69) is 20.3 Å². The number of benzene rings is 1. The summed E-state index contributed by atoms with van der Waals surface area (Å²) in [6.45, 7) is 0.176. The molecule has 15 heteroatoms. The van der Waals surface area contributed by atoms with Gasteiger partial charge in [0.1, 0.15) is 0 Å². The third-order valence-corrected chi connectivity index (χ3v) is 7.26. The maximum absolute atomic E-state index is 13.0. The van der Waals surface area contributed by atoms with Gasteiger partial charge in [-0.05, 0) is 30.5 Å². The summed E-state index contributed by atoms with van der Waals surface area (Å²) in [5.74, 6) is -0.0590. The topological polar surface area (TPSA) is 135 Å². The number of thiazole rings is 1. The van der Waals surface area contributed by atoms with Crippen molar-refractivity contribution in [3.05, 3.63) is 35.4 Å². The number of nitrogens with one attached hydrogen (secondary N) is 1. The number of hydrogen-bond acceptors (Lipinski definition) is 9. The number of amides is 2. The number of urea groups is 1. The lowest BCUT2D eigenvalue weighted by atomic mass is 9.84. The van der Waals surface area contributed by atoms with Crippen LogP contribution >= 0.6 is 11.3 Å². The number of piperidine rings is 1. The lowest BCUT2D eigenvalue weighted by molar-refractivity contribution is -0.137. The van der Waals surface area contributed by atoms with Gasteiger partial charge in [-0.3, -0.25) is 5.32 Å². The molecule has 1 saturated heterocycles. The molecule has 0 unspecified atom stereocenters. The number of halogens is 3. The van der Waals surface area contributed by atoms with Crippen LogP contribution in [0.4, 0.5) is 23.1 Å². The fourth-order valence-electron chi connectivity index (χ4n) is 3.66. The number of anilines is 1. The highest BCUT2D eigenvalue weighted by Crippen LogP contribution is 2.37. The molecule has 1 aliphatic rings. The first-order valence-electron chi connectivity index (χ1n) is 10.2. The van der Waals surface area contributed by atoms with Crippen LogP contribution < -0.4 is 10.1 Å². The molecule has 2 aromatic heterocycles. The fourth-order valence-corrected chi connectivity index (χ4v) is 5.05. The Morgan fingerprint density at radius 2 is 1.91 bits per heavy atom. The zero-order valence-electron chi connectivity index (χ0n) is 18.5. The number of rotatable bonds is 4. The number of nitrogens with zero attached hydrogens (tertiary/aromatic N) is 4. The van der Waals surface area contributed by atoms with E-state index in [4.69, 9.17) is 4.74 Å². The minimum atomic E-state index is -4.53. The van der Waals surface area contributed by atoms with E-state index in [1.54, 1.807) is 0 Å². The summed E-state index contributed by atoms with van der Waals surface area (Å²) >= 11 is 0.929. The second-order valence-electron chi connectivity index (χ2n) is 7.99. The third kappa shape index (κ3) is 5.16. The number of sulfone groups is 1. The van der Waals surface area contributed by atoms with Crippen molar-refractivity contribution in [3.8, 4) is 5.88 Å². The first-order valence-corrected chi connectivity index (χ1v) is 12.9. The minimum Gasteiger partial charge on any atom is -0.479 e. The van der Waals surface area contributed by atoms with Crippen molar-refractivity contribution in [2.24, 2.45) is 0 Å². The van der Waals surface area contributed by atoms with Crippen LogP contribution in [0.3, 0.4) is 0 Å². The largest absolute Gasteiger partial charge is 0.479 e. The fraction of sp³-hybridized carbons (Fsp3) is 0.400. The lowest BCUT2D eigenvalue weighted by Gasteiger charge is -2.38. The van der Waals surface area contributed by atoms with Gasteiger partial charge in [-0.15, -0.1) is 0 Å². The maximum Gasteiger partial charge on any atom is 0.416 e. The molecular weight excluding hydrogens is 511 g/mol. The average molecular weight is 532 g/mol. The molecule has 3 heterocycles. The van der Waals surface area contributed by atoms with Crippen molar-refractivity contribution in [1.29, 1.82) is 0 Å². The highest BCUT2D eigenvalue weighted by molar-refractivity contribution is 7.90. The van der Waals surface area contributed by atoms with Crippen LogP contribution in [0, 0.1) is 0 Å². The molecule has 0 bridgehead atoms. The zero-order valence-corrected chi connectivity index (χ0v) is 20.1. The highest BCUT2D eigenvalue weighted by Gasteiger charge is 2.38. The number of methoxy groups -OCH3 is 1. The Balaban J connectivity index is 1.48. The van der Waals surface area contributed by atoms with Crippen LogP contribution in [0.25, 0.3) is 10.3 Å². The Morgan fingerprint density at radius 3 is 2.51 bits per heavy atom. The molecule has 3 aromatic rings. The van der Waals surface area contributed by atoms with Gasteiger partial charge >= 0.3 is 12.2 Å². The van der Waals surface area contributed by atoms with E-state index in [0.29, 0.717) is 0 Å². The van der Waals surface area contributed by atoms with Gasteiger partial charge in [0, 0.05) is 19.3 Å². The number of hydrogen-bond donors (Lipinski definition) is 2. The van der Waals surface area contributed by atoms with Crippen molar-refractivity contribution >= 4 is 42.7 Å². The summed E-state index contributed by atoms with van der Waals surface area (Å²) in [7, 11) is -2.41. The van der Waals surface area contributed by atoms with E-state index in [9.17, 15) is 31.5 Å². The van der Waals surface area contributed by atoms with Crippen molar-refractivity contribution in [3.63, 3.8) is 0 Å². The molecule has 10 nitrogen and oxygen atoms in total. The summed E-state index contributed by atoms with van der Waals surface area (Å²) < 4.78 is 67.9. The van der Waals surface area contributed by atoms with Gasteiger partial charge < -0.3 is 14.7 Å². The van der Waals surface area contributed by atoms with Crippen molar-refractivity contribution in [1.82, 2.24) is 19.9 Å². The molecule has 2 amide bonds. The maximum atomic E-state index is 13.0. The number of fused-ring (bicyclic) bond motifs is 1. The van der Waals surface area contributed by atoms with Gasteiger partial charge in [-0.2, -0.15) is 18.2 Å². The van der Waals surface area contributed by atoms with Crippen LogP contribution in [-0.4, -0.2) is 65.9 Å². The van der Waals surface area contributed by atoms with Crippen LogP contribution in [0.5, 0.6) is 5.88 Å². The molecule has 1 aliphatic heterocycles. The number of aliphatic hydroxyl groups is 1. The molecule has 0 atom stereocenters. The number of alkyl halides is 3. The normalized spacial score (nSPS) is 16.3. The van der Waals surface area contributed by atoms with Crippen molar-refractivity contribution in [2.75, 3.05) is 31.8 Å². The molecule has 1 fully saturated rings. The van der Waals surface area contributed by atoms with E-state index in [1.807, 2.05) is 0 Å². The van der Waals surface area contributed by atoms with Crippen molar-refractivity contribution in [2.45, 2.75) is 29.8 Å². The molecule has 1 aromatic carbocycles. The summed E-state index contributed by atoms with van der Waals surface area (Å²) in [4.78, 5) is 26.4. The Hall–Kier alpha value is -3.04. The molecule has 2 N–H and O–H groups in total. The quantitative estimate of drug-likeness (QED) is 0.491. The molecule has 0 saturated carbocycles. The predicted molar refractivity (Wildman–Crippen MR) is 120 cm³/mol. The minimum absolute atomic E-state index is 0.0403. The monoisotopic (exact) mass is 531 g/mol. The highest BCUT2D eigenvalue weighted by atomic mass is 32.2. The van der Waals surface area contributed by atoms with Crippen molar-refractivity contribution < 1.29 is 36.2 Å². The molecule has 35 heavy (non-hydrogen) atoms. The first-order chi connectivity index (χ1) is 16.3. The van der Waals surface area contributed by atoms with E-state index in [0.717, 1.165) is 29.7 Å². The van der Waals surface area contributed by atoms with Gasteiger partial charge in [0.25, 0.3) is 5.16 Å². The Labute approximate surface area is 201 Å². The molecular formula is C20H20F3N5O5S2. The number of carbonyl (C=O) groups is 1. The molecule has 0 radical (unpaired) electrons. The predicted octanol–water partition coefficient (Wildman–Crippen LogP) is 3.03. The average Bonchev–Trinajstić information content (AvgIpc) is 3.20.